The summed E-state index contributed by atoms with van der Waals surface area (Å²) in [5.74, 6) is 1.37. The number of fused-ring (bicyclic) bond motifs is 1. The van der Waals surface area contributed by atoms with E-state index in [4.69, 9.17) is 23.2 Å². The van der Waals surface area contributed by atoms with Crippen molar-refractivity contribution in [2.24, 2.45) is 5.92 Å². The van der Waals surface area contributed by atoms with Crippen molar-refractivity contribution in [3.63, 3.8) is 0 Å². The van der Waals surface area contributed by atoms with Gasteiger partial charge in [-0.3, -0.25) is 4.98 Å². The zero-order chi connectivity index (χ0) is 11.9. The van der Waals surface area contributed by atoms with E-state index in [1.165, 1.54) is 10.3 Å². The maximum atomic E-state index is 6.03. The van der Waals surface area contributed by atoms with Gasteiger partial charge in [-0.15, -0.1) is 35.0 Å². The molecule has 0 N–H and O–H groups in total. The van der Waals surface area contributed by atoms with Crippen LogP contribution in [0.5, 0.6) is 0 Å². The largest absolute Gasteiger partial charge is 0.255 e. The Morgan fingerprint density at radius 1 is 1.29 bits per heavy atom. The Bertz CT molecular complexity index is 551. The summed E-state index contributed by atoms with van der Waals surface area (Å²) in [6.45, 7) is 0. The minimum Gasteiger partial charge on any atom is -0.255 e. The van der Waals surface area contributed by atoms with Crippen molar-refractivity contribution in [1.82, 2.24) is 4.98 Å². The number of hydrogen-bond acceptors (Lipinski definition) is 2. The number of halogens is 2. The van der Waals surface area contributed by atoms with Crippen LogP contribution in [-0.2, 0) is 0 Å². The van der Waals surface area contributed by atoms with Crippen LogP contribution in [0.25, 0.3) is 10.9 Å². The second kappa shape index (κ2) is 4.34. The van der Waals surface area contributed by atoms with Crippen LogP contribution in [-0.4, -0.2) is 15.1 Å². The summed E-state index contributed by atoms with van der Waals surface area (Å²) < 4.78 is -0.481. The minimum absolute atomic E-state index is 0.412. The molecule has 0 aliphatic heterocycles. The van der Waals surface area contributed by atoms with Gasteiger partial charge < -0.3 is 0 Å². The standard InChI is InChI=1S/C13H11Cl2NS/c14-13(15)7-10(13)8-17-11-5-1-3-9-4-2-6-16-12(9)11/h1-6,10H,7-8H2/t10-/m1/s1. The highest BCUT2D eigenvalue weighted by molar-refractivity contribution is 7.99. The Balaban J connectivity index is 1.81. The first kappa shape index (κ1) is 11.6. The van der Waals surface area contributed by atoms with E-state index in [0.717, 1.165) is 17.7 Å². The molecular formula is C13H11Cl2NS. The minimum atomic E-state index is -0.481. The second-order valence-corrected chi connectivity index (χ2v) is 6.91. The smallest absolute Gasteiger partial charge is 0.122 e. The molecule has 0 radical (unpaired) electrons. The third kappa shape index (κ3) is 2.40. The van der Waals surface area contributed by atoms with Gasteiger partial charge in [0.1, 0.15) is 4.33 Å². The van der Waals surface area contributed by atoms with Crippen LogP contribution in [0.1, 0.15) is 6.42 Å². The molecule has 1 nitrogen and oxygen atoms in total. The molecule has 0 bridgehead atoms. The van der Waals surface area contributed by atoms with E-state index in [-0.39, 0.29) is 0 Å². The fraction of sp³-hybridized carbons (Fsp3) is 0.308. The molecule has 1 saturated carbocycles. The van der Waals surface area contributed by atoms with Crippen molar-refractivity contribution in [2.75, 3.05) is 5.75 Å². The lowest BCUT2D eigenvalue weighted by Gasteiger charge is -2.05. The monoisotopic (exact) mass is 283 g/mol. The highest BCUT2D eigenvalue weighted by atomic mass is 35.5. The Morgan fingerprint density at radius 3 is 2.82 bits per heavy atom. The summed E-state index contributed by atoms with van der Waals surface area (Å²) in [5, 5.41) is 1.18. The molecular weight excluding hydrogens is 273 g/mol. The van der Waals surface area contributed by atoms with Crippen LogP contribution in [0.15, 0.2) is 41.4 Å². The van der Waals surface area contributed by atoms with E-state index in [1.807, 2.05) is 12.3 Å². The summed E-state index contributed by atoms with van der Waals surface area (Å²) >= 11 is 13.8. The van der Waals surface area contributed by atoms with Gasteiger partial charge in [0.2, 0.25) is 0 Å². The molecule has 1 aromatic carbocycles. The molecule has 0 amide bonds. The van der Waals surface area contributed by atoms with Crippen molar-refractivity contribution in [3.05, 3.63) is 36.5 Å². The quantitative estimate of drug-likeness (QED) is 0.607. The van der Waals surface area contributed by atoms with Gasteiger partial charge in [-0.05, 0) is 18.6 Å². The fourth-order valence-electron chi connectivity index (χ4n) is 1.83. The highest BCUT2D eigenvalue weighted by Crippen LogP contribution is 2.55. The fourth-order valence-corrected chi connectivity index (χ4v) is 3.81. The lowest BCUT2D eigenvalue weighted by molar-refractivity contribution is 0.979. The van der Waals surface area contributed by atoms with Crippen molar-refractivity contribution in [3.8, 4) is 0 Å². The molecule has 0 saturated heterocycles. The first-order chi connectivity index (χ1) is 8.17. The van der Waals surface area contributed by atoms with Gasteiger partial charge in [0.15, 0.2) is 0 Å². The second-order valence-electron chi connectivity index (χ2n) is 4.30. The number of pyridine rings is 1. The van der Waals surface area contributed by atoms with Gasteiger partial charge in [0.05, 0.1) is 5.52 Å². The molecule has 1 aromatic heterocycles. The van der Waals surface area contributed by atoms with Gasteiger partial charge in [-0.1, -0.05) is 18.2 Å². The number of aromatic nitrogens is 1. The summed E-state index contributed by atoms with van der Waals surface area (Å²) in [7, 11) is 0. The maximum Gasteiger partial charge on any atom is 0.122 e. The van der Waals surface area contributed by atoms with E-state index >= 15 is 0 Å². The van der Waals surface area contributed by atoms with Crippen LogP contribution < -0.4 is 0 Å². The summed E-state index contributed by atoms with van der Waals surface area (Å²) in [4.78, 5) is 5.64. The molecule has 3 rings (SSSR count). The maximum absolute atomic E-state index is 6.03. The Hall–Kier alpha value is -0.440. The van der Waals surface area contributed by atoms with E-state index in [2.05, 4.69) is 29.2 Å². The molecule has 0 unspecified atom stereocenters. The molecule has 0 spiro atoms. The molecule has 17 heavy (non-hydrogen) atoms. The predicted molar refractivity (Wildman–Crippen MR) is 75.0 cm³/mol. The summed E-state index contributed by atoms with van der Waals surface area (Å²) in [6, 6.07) is 10.3. The first-order valence-corrected chi connectivity index (χ1v) is 7.25. The molecule has 2 aromatic rings. The van der Waals surface area contributed by atoms with Crippen LogP contribution in [0.2, 0.25) is 0 Å². The zero-order valence-corrected chi connectivity index (χ0v) is 11.4. The van der Waals surface area contributed by atoms with E-state index in [9.17, 15) is 0 Å². The number of alkyl halides is 2. The topological polar surface area (TPSA) is 12.9 Å². The van der Waals surface area contributed by atoms with Crippen LogP contribution in [0.4, 0.5) is 0 Å². The Labute approximate surface area is 115 Å². The third-order valence-electron chi connectivity index (χ3n) is 2.99. The zero-order valence-electron chi connectivity index (χ0n) is 9.07. The third-order valence-corrected chi connectivity index (χ3v) is 5.13. The molecule has 1 aliphatic carbocycles. The average Bonchev–Trinajstić information content (AvgIpc) is 2.94. The van der Waals surface area contributed by atoms with Crippen molar-refractivity contribution in [1.29, 1.82) is 0 Å². The van der Waals surface area contributed by atoms with Crippen LogP contribution in [0.3, 0.4) is 0 Å². The lowest BCUT2D eigenvalue weighted by atomic mass is 10.2. The van der Waals surface area contributed by atoms with Gasteiger partial charge in [-0.25, -0.2) is 0 Å². The van der Waals surface area contributed by atoms with Crippen molar-refractivity contribution < 1.29 is 0 Å². The highest BCUT2D eigenvalue weighted by Gasteiger charge is 2.51. The SMILES string of the molecule is ClC1(Cl)C[C@@H]1CSc1cccc2cccnc12. The molecule has 88 valence electrons. The van der Waals surface area contributed by atoms with Gasteiger partial charge >= 0.3 is 0 Å². The summed E-state index contributed by atoms with van der Waals surface area (Å²) in [6.07, 6.45) is 2.73. The van der Waals surface area contributed by atoms with Gasteiger partial charge in [-0.2, -0.15) is 0 Å². The average molecular weight is 284 g/mol. The normalized spacial score (nSPS) is 21.6. The Morgan fingerprint density at radius 2 is 2.06 bits per heavy atom. The number of thioether (sulfide) groups is 1. The number of benzene rings is 1. The van der Waals surface area contributed by atoms with Crippen LogP contribution in [0, 0.1) is 5.92 Å². The van der Waals surface area contributed by atoms with E-state index < -0.39 is 4.33 Å². The number of hydrogen-bond donors (Lipinski definition) is 0. The Kier molecular flexibility index (Phi) is 2.97. The predicted octanol–water partition coefficient (Wildman–Crippen LogP) is 4.52. The number of para-hydroxylation sites is 1. The number of rotatable bonds is 3. The van der Waals surface area contributed by atoms with Crippen LogP contribution >= 0.6 is 35.0 Å². The van der Waals surface area contributed by atoms with Crippen molar-refractivity contribution >= 4 is 45.9 Å². The van der Waals surface area contributed by atoms with Gasteiger partial charge in [0, 0.05) is 28.1 Å². The van der Waals surface area contributed by atoms with E-state index in [0.29, 0.717) is 5.92 Å². The molecule has 1 aliphatic rings. The van der Waals surface area contributed by atoms with Crippen molar-refractivity contribution in [2.45, 2.75) is 15.6 Å². The molecule has 4 heteroatoms. The first-order valence-electron chi connectivity index (χ1n) is 5.51. The molecule has 1 atom stereocenters. The molecule has 1 heterocycles. The lowest BCUT2D eigenvalue weighted by Crippen LogP contribution is -1.93. The van der Waals surface area contributed by atoms with Gasteiger partial charge in [0.25, 0.3) is 0 Å². The van der Waals surface area contributed by atoms with E-state index in [1.54, 1.807) is 11.8 Å². The summed E-state index contributed by atoms with van der Waals surface area (Å²) in [5.41, 5.74) is 1.07. The molecule has 1 fully saturated rings. The number of nitrogens with zero attached hydrogens (tertiary/aromatic N) is 1.